The smallest absolute Gasteiger partial charge is 0.304 e. The number of carbonyl (C=O) groups is 1. The number of aliphatic carboxylic acids is 1. The van der Waals surface area contributed by atoms with Gasteiger partial charge in [0.25, 0.3) is 0 Å². The maximum Gasteiger partial charge on any atom is 0.304 e. The molecule has 0 amide bonds. The molecule has 1 aromatic heterocycles. The number of hydrogen-bond acceptors (Lipinski definition) is 1. The van der Waals surface area contributed by atoms with E-state index in [2.05, 4.69) is 11.1 Å². The first-order valence-corrected chi connectivity index (χ1v) is 5.50. The van der Waals surface area contributed by atoms with Crippen LogP contribution >= 0.6 is 0 Å². The van der Waals surface area contributed by atoms with Gasteiger partial charge in [-0.25, -0.2) is 0 Å². The molecule has 1 saturated carbocycles. The molecule has 2 N–H and O–H groups in total. The number of aromatic nitrogens is 1. The summed E-state index contributed by atoms with van der Waals surface area (Å²) >= 11 is 0. The van der Waals surface area contributed by atoms with Gasteiger partial charge in [0.2, 0.25) is 0 Å². The molecule has 0 atom stereocenters. The Morgan fingerprint density at radius 2 is 2.12 bits per heavy atom. The van der Waals surface area contributed by atoms with Crippen LogP contribution in [0.4, 0.5) is 0 Å². The summed E-state index contributed by atoms with van der Waals surface area (Å²) < 4.78 is 0. The molecule has 82 valence electrons. The minimum atomic E-state index is -0.706. The minimum Gasteiger partial charge on any atom is -0.481 e. The van der Waals surface area contributed by atoms with Crippen LogP contribution in [0.25, 0.3) is 10.9 Å². The van der Waals surface area contributed by atoms with Crippen molar-refractivity contribution in [3.05, 3.63) is 36.0 Å². The summed E-state index contributed by atoms with van der Waals surface area (Å²) in [6, 6.07) is 8.06. The average molecular weight is 215 g/mol. The van der Waals surface area contributed by atoms with Crippen LogP contribution < -0.4 is 0 Å². The van der Waals surface area contributed by atoms with E-state index in [1.165, 1.54) is 10.9 Å². The van der Waals surface area contributed by atoms with E-state index in [4.69, 9.17) is 5.11 Å². The second-order valence-electron chi connectivity index (χ2n) is 4.60. The Morgan fingerprint density at radius 1 is 1.38 bits per heavy atom. The first kappa shape index (κ1) is 9.46. The van der Waals surface area contributed by atoms with Gasteiger partial charge < -0.3 is 10.1 Å². The number of fused-ring (bicyclic) bond motifs is 1. The SMILES string of the molecule is O=C(O)CC1(c2c[nH]c3ccccc23)CC1. The molecule has 1 aromatic carbocycles. The monoisotopic (exact) mass is 215 g/mol. The van der Waals surface area contributed by atoms with Crippen LogP contribution in [-0.2, 0) is 10.2 Å². The van der Waals surface area contributed by atoms with Crippen molar-refractivity contribution in [3.63, 3.8) is 0 Å². The Labute approximate surface area is 93.1 Å². The summed E-state index contributed by atoms with van der Waals surface area (Å²) in [5, 5.41) is 10.1. The number of benzene rings is 1. The molecule has 0 saturated heterocycles. The lowest BCUT2D eigenvalue weighted by Gasteiger charge is -2.11. The number of rotatable bonds is 3. The van der Waals surface area contributed by atoms with Crippen molar-refractivity contribution in [2.75, 3.05) is 0 Å². The van der Waals surface area contributed by atoms with Crippen LogP contribution in [0.3, 0.4) is 0 Å². The first-order chi connectivity index (χ1) is 7.71. The highest BCUT2D eigenvalue weighted by atomic mass is 16.4. The number of H-pyrrole nitrogens is 1. The van der Waals surface area contributed by atoms with Gasteiger partial charge in [-0.1, -0.05) is 18.2 Å². The molecule has 3 heteroatoms. The van der Waals surface area contributed by atoms with E-state index in [1.54, 1.807) is 0 Å². The van der Waals surface area contributed by atoms with Gasteiger partial charge in [-0.05, 0) is 24.5 Å². The number of aromatic amines is 1. The first-order valence-electron chi connectivity index (χ1n) is 5.50. The zero-order valence-electron chi connectivity index (χ0n) is 8.86. The third-order valence-electron chi connectivity index (χ3n) is 3.50. The van der Waals surface area contributed by atoms with Gasteiger partial charge in [-0.2, -0.15) is 0 Å². The Hall–Kier alpha value is -1.77. The number of hydrogen-bond donors (Lipinski definition) is 2. The average Bonchev–Trinajstić information content (AvgIpc) is 2.89. The number of carboxylic acid groups (broad SMARTS) is 1. The second-order valence-corrected chi connectivity index (χ2v) is 4.60. The van der Waals surface area contributed by atoms with E-state index in [0.717, 1.165) is 18.4 Å². The van der Waals surface area contributed by atoms with Crippen molar-refractivity contribution in [2.45, 2.75) is 24.7 Å². The molecule has 3 nitrogen and oxygen atoms in total. The van der Waals surface area contributed by atoms with Gasteiger partial charge in [0, 0.05) is 22.5 Å². The summed E-state index contributed by atoms with van der Waals surface area (Å²) in [6.45, 7) is 0. The summed E-state index contributed by atoms with van der Waals surface area (Å²) in [7, 11) is 0. The molecule has 1 aliphatic carbocycles. The highest BCUT2D eigenvalue weighted by Gasteiger charge is 2.47. The topological polar surface area (TPSA) is 53.1 Å². The number of carboxylic acids is 1. The Bertz CT molecular complexity index is 552. The molecule has 1 heterocycles. The number of para-hydroxylation sites is 1. The fraction of sp³-hybridized carbons (Fsp3) is 0.308. The largest absolute Gasteiger partial charge is 0.481 e. The normalized spacial score (nSPS) is 17.5. The zero-order valence-corrected chi connectivity index (χ0v) is 8.86. The lowest BCUT2D eigenvalue weighted by atomic mass is 9.92. The fourth-order valence-corrected chi connectivity index (χ4v) is 2.49. The molecule has 3 rings (SSSR count). The molecule has 0 aliphatic heterocycles. The molecule has 0 unspecified atom stereocenters. The van der Waals surface area contributed by atoms with E-state index in [1.807, 2.05) is 24.4 Å². The van der Waals surface area contributed by atoms with Gasteiger partial charge in [0.1, 0.15) is 0 Å². The third kappa shape index (κ3) is 1.32. The predicted molar refractivity (Wildman–Crippen MR) is 61.5 cm³/mol. The predicted octanol–water partition coefficient (Wildman–Crippen LogP) is 2.67. The van der Waals surface area contributed by atoms with Gasteiger partial charge >= 0.3 is 5.97 Å². The van der Waals surface area contributed by atoms with Crippen LogP contribution in [0.5, 0.6) is 0 Å². The highest BCUT2D eigenvalue weighted by Crippen LogP contribution is 2.52. The Balaban J connectivity index is 2.09. The maximum atomic E-state index is 10.9. The summed E-state index contributed by atoms with van der Waals surface area (Å²) in [5.41, 5.74) is 2.16. The summed E-state index contributed by atoms with van der Waals surface area (Å²) in [4.78, 5) is 14.1. The van der Waals surface area contributed by atoms with E-state index < -0.39 is 5.97 Å². The molecular weight excluding hydrogens is 202 g/mol. The molecule has 0 bridgehead atoms. The van der Waals surface area contributed by atoms with Crippen LogP contribution in [0.15, 0.2) is 30.5 Å². The van der Waals surface area contributed by atoms with Crippen LogP contribution in [0.2, 0.25) is 0 Å². The number of nitrogens with one attached hydrogen (secondary N) is 1. The molecule has 0 radical (unpaired) electrons. The molecule has 1 aliphatic rings. The lowest BCUT2D eigenvalue weighted by molar-refractivity contribution is -0.137. The fourth-order valence-electron chi connectivity index (χ4n) is 2.49. The zero-order chi connectivity index (χ0) is 11.2. The van der Waals surface area contributed by atoms with E-state index in [-0.39, 0.29) is 11.8 Å². The van der Waals surface area contributed by atoms with Crippen LogP contribution in [0.1, 0.15) is 24.8 Å². The molecule has 1 fully saturated rings. The van der Waals surface area contributed by atoms with Crippen LogP contribution in [-0.4, -0.2) is 16.1 Å². The second kappa shape index (κ2) is 3.11. The molecule has 16 heavy (non-hydrogen) atoms. The highest BCUT2D eigenvalue weighted by molar-refractivity contribution is 5.85. The Kier molecular flexibility index (Phi) is 1.84. The lowest BCUT2D eigenvalue weighted by Crippen LogP contribution is -2.12. The van der Waals surface area contributed by atoms with E-state index >= 15 is 0 Å². The third-order valence-corrected chi connectivity index (χ3v) is 3.50. The van der Waals surface area contributed by atoms with Gasteiger partial charge in [-0.15, -0.1) is 0 Å². The van der Waals surface area contributed by atoms with E-state index in [0.29, 0.717) is 0 Å². The van der Waals surface area contributed by atoms with Crippen molar-refractivity contribution in [3.8, 4) is 0 Å². The molecular formula is C13H13NO2. The standard InChI is InChI=1S/C13H13NO2/c15-12(16)7-13(5-6-13)10-8-14-11-4-2-1-3-9(10)11/h1-4,8,14H,5-7H2,(H,15,16). The van der Waals surface area contributed by atoms with Crippen molar-refractivity contribution >= 4 is 16.9 Å². The van der Waals surface area contributed by atoms with Gasteiger partial charge in [0.05, 0.1) is 6.42 Å². The Morgan fingerprint density at radius 3 is 2.81 bits per heavy atom. The van der Waals surface area contributed by atoms with Crippen molar-refractivity contribution in [2.24, 2.45) is 0 Å². The summed E-state index contributed by atoms with van der Waals surface area (Å²) in [6.07, 6.45) is 4.19. The molecule has 2 aromatic rings. The van der Waals surface area contributed by atoms with Gasteiger partial charge in [-0.3, -0.25) is 4.79 Å². The maximum absolute atomic E-state index is 10.9. The van der Waals surface area contributed by atoms with Gasteiger partial charge in [0.15, 0.2) is 0 Å². The van der Waals surface area contributed by atoms with E-state index in [9.17, 15) is 4.79 Å². The van der Waals surface area contributed by atoms with Crippen molar-refractivity contribution in [1.82, 2.24) is 4.98 Å². The molecule has 0 spiro atoms. The van der Waals surface area contributed by atoms with Crippen molar-refractivity contribution in [1.29, 1.82) is 0 Å². The minimum absolute atomic E-state index is 0.106. The van der Waals surface area contributed by atoms with Crippen molar-refractivity contribution < 1.29 is 9.90 Å². The summed E-state index contributed by atoms with van der Waals surface area (Å²) in [5.74, 6) is -0.706. The quantitative estimate of drug-likeness (QED) is 0.827. The van der Waals surface area contributed by atoms with Crippen LogP contribution in [0, 0.1) is 0 Å².